The van der Waals surface area contributed by atoms with Crippen LogP contribution in [-0.4, -0.2) is 37.0 Å². The summed E-state index contributed by atoms with van der Waals surface area (Å²) in [5.74, 6) is -0.0285. The van der Waals surface area contributed by atoms with E-state index in [4.69, 9.17) is 0 Å². The second-order valence-corrected chi connectivity index (χ2v) is 5.31. The molecule has 1 fully saturated rings. The van der Waals surface area contributed by atoms with E-state index in [2.05, 4.69) is 22.8 Å². The van der Waals surface area contributed by atoms with Crippen molar-refractivity contribution in [2.75, 3.05) is 26.2 Å². The van der Waals surface area contributed by atoms with Gasteiger partial charge in [-0.3, -0.25) is 4.79 Å². The Kier molecular flexibility index (Phi) is 4.66. The van der Waals surface area contributed by atoms with E-state index in [0.29, 0.717) is 12.1 Å². The van der Waals surface area contributed by atoms with Gasteiger partial charge in [0.25, 0.3) is 5.91 Å². The highest BCUT2D eigenvalue weighted by atomic mass is 32.1. The molecule has 1 aromatic carbocycles. The number of carbonyl (C=O) groups is 1. The van der Waals surface area contributed by atoms with Gasteiger partial charge in [-0.05, 0) is 50.6 Å². The normalized spacial score (nSPS) is 15.9. The number of aryl methyl sites for hydroxylation is 1. The quantitative estimate of drug-likeness (QED) is 0.816. The van der Waals surface area contributed by atoms with Crippen molar-refractivity contribution in [3.63, 3.8) is 0 Å². The van der Waals surface area contributed by atoms with Crippen molar-refractivity contribution >= 4 is 18.5 Å². The van der Waals surface area contributed by atoms with Crippen LogP contribution in [0.25, 0.3) is 0 Å². The maximum atomic E-state index is 12.0. The monoisotopic (exact) mass is 264 g/mol. The Morgan fingerprint density at radius 2 is 2.11 bits per heavy atom. The molecule has 0 atom stereocenters. The molecule has 0 radical (unpaired) electrons. The zero-order valence-electron chi connectivity index (χ0n) is 10.8. The van der Waals surface area contributed by atoms with Crippen molar-refractivity contribution in [1.82, 2.24) is 10.2 Å². The largest absolute Gasteiger partial charge is 0.351 e. The standard InChI is InChI=1S/C14H20N2OS/c1-11-4-5-12(13(18)10-11)14(17)15-6-9-16-7-2-3-8-16/h4-5,10,18H,2-3,6-9H2,1H3,(H,15,17). The van der Waals surface area contributed by atoms with Crippen LogP contribution in [0.5, 0.6) is 0 Å². The van der Waals surface area contributed by atoms with Crippen molar-refractivity contribution in [1.29, 1.82) is 0 Å². The van der Waals surface area contributed by atoms with Crippen LogP contribution in [0.15, 0.2) is 23.1 Å². The lowest BCUT2D eigenvalue weighted by Gasteiger charge is -2.15. The van der Waals surface area contributed by atoms with Gasteiger partial charge in [-0.15, -0.1) is 12.6 Å². The molecular weight excluding hydrogens is 244 g/mol. The molecule has 3 nitrogen and oxygen atoms in total. The lowest BCUT2D eigenvalue weighted by Crippen LogP contribution is -2.33. The van der Waals surface area contributed by atoms with E-state index in [-0.39, 0.29) is 5.91 Å². The second-order valence-electron chi connectivity index (χ2n) is 4.83. The number of hydrogen-bond acceptors (Lipinski definition) is 3. The third-order valence-electron chi connectivity index (χ3n) is 3.31. The fourth-order valence-corrected chi connectivity index (χ4v) is 2.64. The van der Waals surface area contributed by atoms with Gasteiger partial charge in [0.05, 0.1) is 5.56 Å². The van der Waals surface area contributed by atoms with Gasteiger partial charge in [-0.25, -0.2) is 0 Å². The molecular formula is C14H20N2OS. The summed E-state index contributed by atoms with van der Waals surface area (Å²) in [4.78, 5) is 15.1. The molecule has 98 valence electrons. The van der Waals surface area contributed by atoms with Gasteiger partial charge in [-0.2, -0.15) is 0 Å². The van der Waals surface area contributed by atoms with Crippen LogP contribution < -0.4 is 5.32 Å². The van der Waals surface area contributed by atoms with E-state index in [0.717, 1.165) is 30.1 Å². The van der Waals surface area contributed by atoms with Gasteiger partial charge < -0.3 is 10.2 Å². The zero-order valence-corrected chi connectivity index (χ0v) is 11.7. The molecule has 1 aliphatic rings. The van der Waals surface area contributed by atoms with Crippen LogP contribution in [0.3, 0.4) is 0 Å². The molecule has 0 unspecified atom stereocenters. The minimum absolute atomic E-state index is 0.0285. The molecule has 0 spiro atoms. The first-order chi connectivity index (χ1) is 8.66. The fraction of sp³-hybridized carbons (Fsp3) is 0.500. The lowest BCUT2D eigenvalue weighted by molar-refractivity contribution is 0.0947. The number of likely N-dealkylation sites (tertiary alicyclic amines) is 1. The van der Waals surface area contributed by atoms with E-state index in [1.807, 2.05) is 25.1 Å². The molecule has 1 saturated heterocycles. The predicted molar refractivity (Wildman–Crippen MR) is 76.4 cm³/mol. The van der Waals surface area contributed by atoms with E-state index in [1.54, 1.807) is 0 Å². The van der Waals surface area contributed by atoms with Gasteiger partial charge in [0.1, 0.15) is 0 Å². The predicted octanol–water partition coefficient (Wildman–Crippen LogP) is 2.11. The first kappa shape index (κ1) is 13.4. The van der Waals surface area contributed by atoms with Crippen molar-refractivity contribution in [2.24, 2.45) is 0 Å². The lowest BCUT2D eigenvalue weighted by atomic mass is 10.1. The Morgan fingerprint density at radius 3 is 2.78 bits per heavy atom. The van der Waals surface area contributed by atoms with Crippen LogP contribution in [0, 0.1) is 6.92 Å². The molecule has 0 saturated carbocycles. The van der Waals surface area contributed by atoms with Crippen molar-refractivity contribution in [2.45, 2.75) is 24.7 Å². The number of hydrogen-bond donors (Lipinski definition) is 2. The van der Waals surface area contributed by atoms with Gasteiger partial charge in [0.15, 0.2) is 0 Å². The van der Waals surface area contributed by atoms with Crippen molar-refractivity contribution < 1.29 is 4.79 Å². The molecule has 1 aromatic rings. The zero-order chi connectivity index (χ0) is 13.0. The molecule has 1 aliphatic heterocycles. The molecule has 0 aromatic heterocycles. The second kappa shape index (κ2) is 6.25. The van der Waals surface area contributed by atoms with E-state index < -0.39 is 0 Å². The SMILES string of the molecule is Cc1ccc(C(=O)NCCN2CCCC2)c(S)c1. The minimum Gasteiger partial charge on any atom is -0.351 e. The number of nitrogens with zero attached hydrogens (tertiary/aromatic N) is 1. The fourth-order valence-electron chi connectivity index (χ4n) is 2.26. The van der Waals surface area contributed by atoms with Crippen LogP contribution in [0.1, 0.15) is 28.8 Å². The molecule has 2 rings (SSSR count). The summed E-state index contributed by atoms with van der Waals surface area (Å²) >= 11 is 4.35. The van der Waals surface area contributed by atoms with Gasteiger partial charge >= 0.3 is 0 Å². The van der Waals surface area contributed by atoms with E-state index in [9.17, 15) is 4.79 Å². The number of benzene rings is 1. The van der Waals surface area contributed by atoms with Gasteiger partial charge in [-0.1, -0.05) is 6.07 Å². The number of rotatable bonds is 4. The van der Waals surface area contributed by atoms with Crippen LogP contribution in [0.4, 0.5) is 0 Å². The highest BCUT2D eigenvalue weighted by molar-refractivity contribution is 7.80. The topological polar surface area (TPSA) is 32.3 Å². The summed E-state index contributed by atoms with van der Waals surface area (Å²) in [5, 5.41) is 2.96. The molecule has 18 heavy (non-hydrogen) atoms. The summed E-state index contributed by atoms with van der Waals surface area (Å²) in [6.07, 6.45) is 2.57. The van der Waals surface area contributed by atoms with E-state index >= 15 is 0 Å². The van der Waals surface area contributed by atoms with Crippen molar-refractivity contribution in [3.8, 4) is 0 Å². The number of carbonyl (C=O) groups excluding carboxylic acids is 1. The summed E-state index contributed by atoms with van der Waals surface area (Å²) in [7, 11) is 0. The molecule has 1 heterocycles. The Hall–Kier alpha value is -1.00. The van der Waals surface area contributed by atoms with Gasteiger partial charge in [0, 0.05) is 18.0 Å². The van der Waals surface area contributed by atoms with Crippen molar-refractivity contribution in [3.05, 3.63) is 29.3 Å². The molecule has 0 aliphatic carbocycles. The summed E-state index contributed by atoms with van der Waals surface area (Å²) in [5.41, 5.74) is 1.78. The first-order valence-corrected chi connectivity index (χ1v) is 6.92. The van der Waals surface area contributed by atoms with Crippen LogP contribution in [0.2, 0.25) is 0 Å². The summed E-state index contributed by atoms with van der Waals surface area (Å²) < 4.78 is 0. The summed E-state index contributed by atoms with van der Waals surface area (Å²) in [6.45, 7) is 5.98. The average Bonchev–Trinajstić information content (AvgIpc) is 2.81. The Bertz CT molecular complexity index is 428. The summed E-state index contributed by atoms with van der Waals surface area (Å²) in [6, 6.07) is 5.69. The Labute approximate surface area is 114 Å². The highest BCUT2D eigenvalue weighted by Crippen LogP contribution is 2.15. The minimum atomic E-state index is -0.0285. The smallest absolute Gasteiger partial charge is 0.252 e. The third kappa shape index (κ3) is 3.50. The Morgan fingerprint density at radius 1 is 1.39 bits per heavy atom. The molecule has 0 bridgehead atoms. The average molecular weight is 264 g/mol. The maximum Gasteiger partial charge on any atom is 0.252 e. The highest BCUT2D eigenvalue weighted by Gasteiger charge is 2.12. The van der Waals surface area contributed by atoms with Crippen LogP contribution in [-0.2, 0) is 0 Å². The van der Waals surface area contributed by atoms with E-state index in [1.165, 1.54) is 12.8 Å². The third-order valence-corrected chi connectivity index (χ3v) is 3.68. The number of thiol groups is 1. The number of amides is 1. The Balaban J connectivity index is 1.83. The first-order valence-electron chi connectivity index (χ1n) is 6.47. The van der Waals surface area contributed by atoms with Crippen LogP contribution >= 0.6 is 12.6 Å². The molecule has 4 heteroatoms. The molecule has 1 amide bonds. The maximum absolute atomic E-state index is 12.0. The van der Waals surface area contributed by atoms with Gasteiger partial charge in [0.2, 0.25) is 0 Å². The number of nitrogens with one attached hydrogen (secondary N) is 1. The molecule has 1 N–H and O–H groups in total.